The van der Waals surface area contributed by atoms with Crippen LogP contribution in [0.15, 0.2) is 53.1 Å². The number of amides is 1. The number of ether oxygens (including phenoxy) is 1. The van der Waals surface area contributed by atoms with Gasteiger partial charge in [0, 0.05) is 6.61 Å². The first-order chi connectivity index (χ1) is 9.31. The molecule has 0 radical (unpaired) electrons. The van der Waals surface area contributed by atoms with Gasteiger partial charge in [0.25, 0.3) is 0 Å². The van der Waals surface area contributed by atoms with Crippen LogP contribution >= 0.6 is 0 Å². The fourth-order valence-electron chi connectivity index (χ4n) is 1.82. The number of furan rings is 1. The molecule has 0 aliphatic rings. The Morgan fingerprint density at radius 1 is 1.26 bits per heavy atom. The van der Waals surface area contributed by atoms with Crippen molar-refractivity contribution in [3.8, 4) is 0 Å². The van der Waals surface area contributed by atoms with Crippen molar-refractivity contribution in [1.29, 1.82) is 0 Å². The van der Waals surface area contributed by atoms with Crippen molar-refractivity contribution in [2.45, 2.75) is 13.0 Å². The van der Waals surface area contributed by atoms with Crippen molar-refractivity contribution in [3.63, 3.8) is 0 Å². The molecular weight excluding hydrogens is 242 g/mol. The molecule has 1 heterocycles. The van der Waals surface area contributed by atoms with Crippen LogP contribution in [0.2, 0.25) is 0 Å². The van der Waals surface area contributed by atoms with Gasteiger partial charge in [-0.3, -0.25) is 4.79 Å². The Labute approximate surface area is 112 Å². The first-order valence-corrected chi connectivity index (χ1v) is 6.26. The van der Waals surface area contributed by atoms with Gasteiger partial charge in [-0.05, 0) is 24.6 Å². The van der Waals surface area contributed by atoms with E-state index in [2.05, 4.69) is 5.32 Å². The molecule has 0 bridgehead atoms. The minimum atomic E-state index is -0.288. The molecule has 2 aromatic rings. The predicted octanol–water partition coefficient (Wildman–Crippen LogP) is 2.52. The van der Waals surface area contributed by atoms with E-state index in [9.17, 15) is 4.79 Å². The molecule has 0 fully saturated rings. The summed E-state index contributed by atoms with van der Waals surface area (Å²) in [6.45, 7) is 2.43. The first-order valence-electron chi connectivity index (χ1n) is 6.26. The molecule has 0 saturated heterocycles. The molecule has 2 rings (SSSR count). The van der Waals surface area contributed by atoms with Crippen LogP contribution in [0.5, 0.6) is 0 Å². The van der Waals surface area contributed by atoms with Gasteiger partial charge in [-0.25, -0.2) is 0 Å². The second kappa shape index (κ2) is 6.75. The highest BCUT2D eigenvalue weighted by Crippen LogP contribution is 2.22. The van der Waals surface area contributed by atoms with Crippen LogP contribution in [-0.2, 0) is 9.53 Å². The molecule has 0 aliphatic carbocycles. The Kier molecular flexibility index (Phi) is 4.75. The smallest absolute Gasteiger partial charge is 0.246 e. The molecule has 19 heavy (non-hydrogen) atoms. The van der Waals surface area contributed by atoms with Crippen LogP contribution < -0.4 is 5.32 Å². The summed E-state index contributed by atoms with van der Waals surface area (Å²) in [5.74, 6) is 0.545. The van der Waals surface area contributed by atoms with Crippen molar-refractivity contribution >= 4 is 5.91 Å². The summed E-state index contributed by atoms with van der Waals surface area (Å²) in [6, 6.07) is 13.1. The van der Waals surface area contributed by atoms with E-state index in [4.69, 9.17) is 9.15 Å². The van der Waals surface area contributed by atoms with Gasteiger partial charge in [0.15, 0.2) is 0 Å². The number of carbonyl (C=O) groups excluding carboxylic acids is 1. The van der Waals surface area contributed by atoms with Gasteiger partial charge in [-0.2, -0.15) is 0 Å². The van der Waals surface area contributed by atoms with Crippen LogP contribution in [0.25, 0.3) is 0 Å². The molecular formula is C15H17NO3. The Bertz CT molecular complexity index is 493. The van der Waals surface area contributed by atoms with Gasteiger partial charge >= 0.3 is 0 Å². The number of hydrogen-bond donors (Lipinski definition) is 1. The minimum Gasteiger partial charge on any atom is -0.467 e. The van der Waals surface area contributed by atoms with Crippen molar-refractivity contribution in [2.24, 2.45) is 0 Å². The van der Waals surface area contributed by atoms with E-state index < -0.39 is 0 Å². The Balaban J connectivity index is 2.14. The number of hydrogen-bond acceptors (Lipinski definition) is 3. The molecule has 1 atom stereocenters. The van der Waals surface area contributed by atoms with E-state index in [1.807, 2.05) is 43.3 Å². The van der Waals surface area contributed by atoms with E-state index >= 15 is 0 Å². The molecule has 1 unspecified atom stereocenters. The topological polar surface area (TPSA) is 51.5 Å². The maximum absolute atomic E-state index is 11.8. The van der Waals surface area contributed by atoms with E-state index in [1.54, 1.807) is 12.3 Å². The first kappa shape index (κ1) is 13.4. The lowest BCUT2D eigenvalue weighted by molar-refractivity contribution is -0.126. The maximum Gasteiger partial charge on any atom is 0.246 e. The van der Waals surface area contributed by atoms with Gasteiger partial charge in [0.1, 0.15) is 18.4 Å². The molecule has 4 nitrogen and oxygen atoms in total. The third-order valence-electron chi connectivity index (χ3n) is 2.70. The van der Waals surface area contributed by atoms with Gasteiger partial charge < -0.3 is 14.5 Å². The highest BCUT2D eigenvalue weighted by molar-refractivity contribution is 5.78. The molecule has 0 spiro atoms. The molecule has 0 aliphatic heterocycles. The Hall–Kier alpha value is -2.07. The third-order valence-corrected chi connectivity index (χ3v) is 2.70. The van der Waals surface area contributed by atoms with Crippen LogP contribution in [0.1, 0.15) is 24.3 Å². The van der Waals surface area contributed by atoms with Gasteiger partial charge in [0.2, 0.25) is 5.91 Å². The normalized spacial score (nSPS) is 12.1. The van der Waals surface area contributed by atoms with Gasteiger partial charge in [-0.15, -0.1) is 0 Å². The second-order valence-corrected chi connectivity index (χ2v) is 4.06. The average Bonchev–Trinajstić information content (AvgIpc) is 2.97. The van der Waals surface area contributed by atoms with E-state index in [0.717, 1.165) is 5.56 Å². The summed E-state index contributed by atoms with van der Waals surface area (Å²) >= 11 is 0. The second-order valence-electron chi connectivity index (χ2n) is 4.06. The number of rotatable bonds is 6. The summed E-state index contributed by atoms with van der Waals surface area (Å²) in [4.78, 5) is 11.8. The number of carbonyl (C=O) groups is 1. The summed E-state index contributed by atoms with van der Waals surface area (Å²) in [7, 11) is 0. The summed E-state index contributed by atoms with van der Waals surface area (Å²) < 4.78 is 10.5. The SMILES string of the molecule is CCOCC(=O)NC(c1ccccc1)c1ccco1. The molecule has 1 aromatic heterocycles. The summed E-state index contributed by atoms with van der Waals surface area (Å²) in [5.41, 5.74) is 0.974. The molecule has 1 N–H and O–H groups in total. The highest BCUT2D eigenvalue weighted by Gasteiger charge is 2.18. The molecule has 100 valence electrons. The van der Waals surface area contributed by atoms with Crippen LogP contribution in [0.3, 0.4) is 0 Å². The average molecular weight is 259 g/mol. The summed E-state index contributed by atoms with van der Waals surface area (Å²) in [5, 5.41) is 2.91. The van der Waals surface area contributed by atoms with Crippen molar-refractivity contribution in [3.05, 3.63) is 60.1 Å². The molecule has 1 amide bonds. The zero-order valence-corrected chi connectivity index (χ0v) is 10.8. The monoisotopic (exact) mass is 259 g/mol. The third kappa shape index (κ3) is 3.69. The maximum atomic E-state index is 11.8. The van der Waals surface area contributed by atoms with E-state index in [-0.39, 0.29) is 18.6 Å². The zero-order chi connectivity index (χ0) is 13.5. The molecule has 4 heteroatoms. The quantitative estimate of drug-likeness (QED) is 0.867. The van der Waals surface area contributed by atoms with Gasteiger partial charge in [-0.1, -0.05) is 30.3 Å². The van der Waals surface area contributed by atoms with Crippen LogP contribution in [-0.4, -0.2) is 19.1 Å². The highest BCUT2D eigenvalue weighted by atomic mass is 16.5. The predicted molar refractivity (Wildman–Crippen MR) is 71.6 cm³/mol. The lowest BCUT2D eigenvalue weighted by atomic mass is 10.0. The van der Waals surface area contributed by atoms with Crippen LogP contribution in [0, 0.1) is 0 Å². The van der Waals surface area contributed by atoms with Gasteiger partial charge in [0.05, 0.1) is 6.26 Å². The molecule has 1 aromatic carbocycles. The Morgan fingerprint density at radius 2 is 2.05 bits per heavy atom. The summed E-state index contributed by atoms with van der Waals surface area (Å²) in [6.07, 6.45) is 1.60. The van der Waals surface area contributed by atoms with Crippen molar-refractivity contribution in [1.82, 2.24) is 5.32 Å². The van der Waals surface area contributed by atoms with E-state index in [0.29, 0.717) is 12.4 Å². The van der Waals surface area contributed by atoms with E-state index in [1.165, 1.54) is 0 Å². The largest absolute Gasteiger partial charge is 0.467 e. The molecule has 0 saturated carbocycles. The number of benzene rings is 1. The number of nitrogens with one attached hydrogen (secondary N) is 1. The fourth-order valence-corrected chi connectivity index (χ4v) is 1.82. The van der Waals surface area contributed by atoms with Crippen molar-refractivity contribution in [2.75, 3.05) is 13.2 Å². The van der Waals surface area contributed by atoms with Crippen molar-refractivity contribution < 1.29 is 13.9 Å². The Morgan fingerprint density at radius 3 is 2.68 bits per heavy atom. The standard InChI is InChI=1S/C15H17NO3/c1-2-18-11-14(17)16-15(13-9-6-10-19-13)12-7-4-3-5-8-12/h3-10,15H,2,11H2,1H3,(H,16,17). The zero-order valence-electron chi connectivity index (χ0n) is 10.8. The lowest BCUT2D eigenvalue weighted by Gasteiger charge is -2.17. The van der Waals surface area contributed by atoms with Crippen LogP contribution in [0.4, 0.5) is 0 Å². The lowest BCUT2D eigenvalue weighted by Crippen LogP contribution is -2.32. The fraction of sp³-hybridized carbons (Fsp3) is 0.267. The minimum absolute atomic E-state index is 0.0561.